The fraction of sp³-hybridized carbons (Fsp3) is 0.211. The summed E-state index contributed by atoms with van der Waals surface area (Å²) in [6, 6.07) is 16.2. The van der Waals surface area contributed by atoms with E-state index in [1.807, 2.05) is 41.1 Å². The van der Waals surface area contributed by atoms with E-state index in [0.29, 0.717) is 0 Å². The predicted molar refractivity (Wildman–Crippen MR) is 93.5 cm³/mol. The molecule has 1 aliphatic rings. The first kappa shape index (κ1) is 14.6. The van der Waals surface area contributed by atoms with Crippen molar-refractivity contribution in [2.45, 2.75) is 19.8 Å². The molecular weight excluding hydrogens is 300 g/mol. The second-order valence-corrected chi connectivity index (χ2v) is 5.69. The molecule has 1 aliphatic heterocycles. The Bertz CT molecular complexity index is 927. The van der Waals surface area contributed by atoms with Crippen LogP contribution in [-0.2, 0) is 12.8 Å². The Balaban J connectivity index is 1.97. The molecule has 0 radical (unpaired) electrons. The quantitative estimate of drug-likeness (QED) is 0.744. The molecule has 0 amide bonds. The number of aromatic nitrogens is 3. The molecule has 0 N–H and O–H groups in total. The van der Waals surface area contributed by atoms with Crippen molar-refractivity contribution in [1.82, 2.24) is 14.9 Å². The summed E-state index contributed by atoms with van der Waals surface area (Å²) in [6.07, 6.45) is 1.50. The van der Waals surface area contributed by atoms with E-state index in [0.717, 1.165) is 47.1 Å². The molecule has 0 unspecified atom stereocenters. The van der Waals surface area contributed by atoms with Gasteiger partial charge < -0.3 is 4.74 Å². The third-order valence-electron chi connectivity index (χ3n) is 4.28. The van der Waals surface area contributed by atoms with Crippen LogP contribution in [0.25, 0.3) is 11.4 Å². The highest BCUT2D eigenvalue weighted by Gasteiger charge is 2.22. The minimum atomic E-state index is 0.725. The molecule has 2 aromatic carbocycles. The number of benzene rings is 2. The van der Waals surface area contributed by atoms with Crippen molar-refractivity contribution in [3.8, 4) is 17.1 Å². The van der Waals surface area contributed by atoms with Gasteiger partial charge in [0.05, 0.1) is 12.8 Å². The standard InChI is InChI=1S/C19H18N4O/c1-3-18-20-21-19-14-9-5-4-8-13(14)12-16(22-23(18)19)15-10-6-7-11-17(15)24-2/h4-11H,3,12H2,1-2H3. The van der Waals surface area contributed by atoms with E-state index in [9.17, 15) is 0 Å². The van der Waals surface area contributed by atoms with Crippen LogP contribution in [0.5, 0.6) is 5.75 Å². The fourth-order valence-electron chi connectivity index (χ4n) is 3.07. The molecule has 4 rings (SSSR count). The molecule has 5 heteroatoms. The van der Waals surface area contributed by atoms with Crippen LogP contribution in [0.15, 0.2) is 53.6 Å². The van der Waals surface area contributed by atoms with Gasteiger partial charge in [-0.1, -0.05) is 43.3 Å². The lowest BCUT2D eigenvalue weighted by Gasteiger charge is -2.10. The number of nitrogens with zero attached hydrogens (tertiary/aromatic N) is 4. The van der Waals surface area contributed by atoms with Gasteiger partial charge in [-0.3, -0.25) is 0 Å². The normalized spacial score (nSPS) is 12.8. The average Bonchev–Trinajstić information content (AvgIpc) is 2.96. The Morgan fingerprint density at radius 1 is 1.00 bits per heavy atom. The van der Waals surface area contributed by atoms with Crippen LogP contribution in [0.4, 0.5) is 0 Å². The minimum absolute atomic E-state index is 0.725. The smallest absolute Gasteiger partial charge is 0.185 e. The number of aryl methyl sites for hydroxylation is 1. The summed E-state index contributed by atoms with van der Waals surface area (Å²) in [6.45, 7) is 2.06. The van der Waals surface area contributed by atoms with E-state index >= 15 is 0 Å². The highest BCUT2D eigenvalue weighted by Crippen LogP contribution is 2.29. The highest BCUT2D eigenvalue weighted by atomic mass is 16.5. The monoisotopic (exact) mass is 318 g/mol. The Hall–Kier alpha value is -2.95. The van der Waals surface area contributed by atoms with Crippen molar-refractivity contribution >= 4 is 5.71 Å². The minimum Gasteiger partial charge on any atom is -0.496 e. The summed E-state index contributed by atoms with van der Waals surface area (Å²) < 4.78 is 7.40. The van der Waals surface area contributed by atoms with Crippen LogP contribution >= 0.6 is 0 Å². The molecule has 2 heterocycles. The van der Waals surface area contributed by atoms with Gasteiger partial charge in [-0.15, -0.1) is 10.2 Å². The summed E-state index contributed by atoms with van der Waals surface area (Å²) in [5.41, 5.74) is 4.22. The second-order valence-electron chi connectivity index (χ2n) is 5.69. The molecule has 0 atom stereocenters. The third-order valence-corrected chi connectivity index (χ3v) is 4.28. The van der Waals surface area contributed by atoms with Gasteiger partial charge in [-0.25, -0.2) is 0 Å². The first-order valence-electron chi connectivity index (χ1n) is 8.05. The maximum atomic E-state index is 5.53. The lowest BCUT2D eigenvalue weighted by Crippen LogP contribution is -2.09. The van der Waals surface area contributed by atoms with Crippen LogP contribution in [0.1, 0.15) is 23.9 Å². The van der Waals surface area contributed by atoms with Crippen molar-refractivity contribution in [2.75, 3.05) is 7.11 Å². The van der Waals surface area contributed by atoms with Crippen LogP contribution in [0, 0.1) is 0 Å². The van der Waals surface area contributed by atoms with Gasteiger partial charge in [0.25, 0.3) is 0 Å². The molecule has 120 valence electrons. The predicted octanol–water partition coefficient (Wildman–Crippen LogP) is 3.32. The SMILES string of the molecule is CCc1nnc2n1N=C(c1ccccc1OC)Cc1ccccc1-2. The zero-order valence-electron chi connectivity index (χ0n) is 13.7. The first-order chi connectivity index (χ1) is 11.8. The van der Waals surface area contributed by atoms with Crippen molar-refractivity contribution in [2.24, 2.45) is 5.10 Å². The lowest BCUT2D eigenvalue weighted by atomic mass is 9.98. The van der Waals surface area contributed by atoms with E-state index in [1.54, 1.807) is 7.11 Å². The Kier molecular flexibility index (Phi) is 3.61. The van der Waals surface area contributed by atoms with Gasteiger partial charge in [-0.2, -0.15) is 9.78 Å². The summed E-state index contributed by atoms with van der Waals surface area (Å²) >= 11 is 0. The van der Waals surface area contributed by atoms with Gasteiger partial charge in [-0.05, 0) is 17.7 Å². The summed E-state index contributed by atoms with van der Waals surface area (Å²) in [5.74, 6) is 2.48. The fourth-order valence-corrected chi connectivity index (χ4v) is 3.07. The number of para-hydroxylation sites is 1. The van der Waals surface area contributed by atoms with Crippen molar-refractivity contribution in [3.05, 3.63) is 65.5 Å². The molecule has 0 fully saturated rings. The zero-order valence-corrected chi connectivity index (χ0v) is 13.7. The number of fused-ring (bicyclic) bond motifs is 3. The molecule has 0 aliphatic carbocycles. The van der Waals surface area contributed by atoms with Crippen molar-refractivity contribution in [3.63, 3.8) is 0 Å². The van der Waals surface area contributed by atoms with Gasteiger partial charge in [0, 0.05) is 24.0 Å². The molecule has 3 aromatic rings. The molecule has 24 heavy (non-hydrogen) atoms. The highest BCUT2D eigenvalue weighted by molar-refractivity contribution is 6.05. The van der Waals surface area contributed by atoms with Crippen LogP contribution in [0.2, 0.25) is 0 Å². The van der Waals surface area contributed by atoms with Gasteiger partial charge in [0.1, 0.15) is 5.75 Å². The molecule has 0 saturated heterocycles. The van der Waals surface area contributed by atoms with Crippen LogP contribution in [0.3, 0.4) is 0 Å². The van der Waals surface area contributed by atoms with Gasteiger partial charge in [0.2, 0.25) is 0 Å². The largest absolute Gasteiger partial charge is 0.496 e. The zero-order chi connectivity index (χ0) is 16.5. The molecular formula is C19H18N4O. The maximum Gasteiger partial charge on any atom is 0.185 e. The molecule has 1 aromatic heterocycles. The maximum absolute atomic E-state index is 5.53. The summed E-state index contributed by atoms with van der Waals surface area (Å²) in [7, 11) is 1.69. The topological polar surface area (TPSA) is 52.3 Å². The van der Waals surface area contributed by atoms with Gasteiger partial charge in [0.15, 0.2) is 11.6 Å². The van der Waals surface area contributed by atoms with E-state index in [4.69, 9.17) is 9.84 Å². The second kappa shape index (κ2) is 5.92. The average molecular weight is 318 g/mol. The lowest BCUT2D eigenvalue weighted by molar-refractivity contribution is 0.414. The van der Waals surface area contributed by atoms with E-state index in [-0.39, 0.29) is 0 Å². The van der Waals surface area contributed by atoms with E-state index in [2.05, 4.69) is 29.3 Å². The third kappa shape index (κ3) is 2.29. The molecule has 5 nitrogen and oxygen atoms in total. The number of methoxy groups -OCH3 is 1. The number of ether oxygens (including phenoxy) is 1. The molecule has 0 bridgehead atoms. The van der Waals surface area contributed by atoms with E-state index < -0.39 is 0 Å². The molecule has 0 saturated carbocycles. The first-order valence-corrected chi connectivity index (χ1v) is 8.05. The Morgan fingerprint density at radius 2 is 1.75 bits per heavy atom. The number of hydrogen-bond acceptors (Lipinski definition) is 4. The molecule has 0 spiro atoms. The Labute approximate surface area is 140 Å². The van der Waals surface area contributed by atoms with Crippen molar-refractivity contribution in [1.29, 1.82) is 0 Å². The number of rotatable bonds is 3. The van der Waals surface area contributed by atoms with Crippen molar-refractivity contribution < 1.29 is 4.74 Å². The van der Waals surface area contributed by atoms with Crippen LogP contribution < -0.4 is 4.74 Å². The van der Waals surface area contributed by atoms with Crippen LogP contribution in [-0.4, -0.2) is 27.7 Å². The number of hydrogen-bond donors (Lipinski definition) is 0. The summed E-state index contributed by atoms with van der Waals surface area (Å²) in [5, 5.41) is 13.6. The Morgan fingerprint density at radius 3 is 2.54 bits per heavy atom. The summed E-state index contributed by atoms with van der Waals surface area (Å²) in [4.78, 5) is 0. The van der Waals surface area contributed by atoms with Gasteiger partial charge >= 0.3 is 0 Å². The van der Waals surface area contributed by atoms with E-state index in [1.165, 1.54) is 5.56 Å².